The normalized spacial score (nSPS) is 24.3. The van der Waals surface area contributed by atoms with Crippen LogP contribution in [-0.2, 0) is 20.5 Å². The molecule has 0 saturated heterocycles. The van der Waals surface area contributed by atoms with Crippen molar-refractivity contribution in [3.05, 3.63) is 59.4 Å². The van der Waals surface area contributed by atoms with E-state index in [0.717, 1.165) is 30.5 Å². The van der Waals surface area contributed by atoms with Gasteiger partial charge in [0.25, 0.3) is 5.91 Å². The first kappa shape index (κ1) is 25.1. The molecule has 0 unspecified atom stereocenters. The molecular weight excluding hydrogens is 463 g/mol. The Morgan fingerprint density at radius 3 is 2.11 bits per heavy atom. The number of carbonyl (C=O) groups is 2. The predicted octanol–water partition coefficient (Wildman–Crippen LogP) is 3.90. The van der Waals surface area contributed by atoms with Crippen molar-refractivity contribution >= 4 is 11.9 Å². The summed E-state index contributed by atoms with van der Waals surface area (Å²) in [7, 11) is 1.35. The lowest BCUT2D eigenvalue weighted by molar-refractivity contribution is -0.258. The van der Waals surface area contributed by atoms with E-state index in [-0.39, 0.29) is 35.1 Å². The standard InChI is InChI=1S/C25H28F3N3O4/c1-23(34,25(26,27)28)17-5-3-16(4-6-17)21(32)31(19-7-8-19)20-9-12-24(13-10-20,22(33)35-2)18-11-14-29-30-15-18/h3-6,11,14-15,19-20,34H,7-10,12-13H2,1-2H3/t20?,23-,24?/m0/s1. The Morgan fingerprint density at radius 2 is 1.63 bits per heavy atom. The van der Waals surface area contributed by atoms with Crippen LogP contribution in [0.4, 0.5) is 13.2 Å². The van der Waals surface area contributed by atoms with Gasteiger partial charge in [-0.05, 0) is 74.8 Å². The summed E-state index contributed by atoms with van der Waals surface area (Å²) < 4.78 is 44.6. The van der Waals surface area contributed by atoms with Crippen LogP contribution in [0.2, 0.25) is 0 Å². The topological polar surface area (TPSA) is 92.6 Å². The van der Waals surface area contributed by atoms with Gasteiger partial charge in [0.1, 0.15) is 0 Å². The maximum Gasteiger partial charge on any atom is 0.421 e. The molecule has 1 heterocycles. The van der Waals surface area contributed by atoms with Crippen molar-refractivity contribution in [3.63, 3.8) is 0 Å². The first-order valence-corrected chi connectivity index (χ1v) is 11.6. The molecule has 2 fully saturated rings. The summed E-state index contributed by atoms with van der Waals surface area (Å²) >= 11 is 0. The van der Waals surface area contributed by atoms with Gasteiger partial charge in [0, 0.05) is 23.8 Å². The molecule has 2 saturated carbocycles. The highest BCUT2D eigenvalue weighted by atomic mass is 19.4. The number of aliphatic hydroxyl groups is 1. The average Bonchev–Trinajstić information content (AvgIpc) is 3.69. The number of hydrogen-bond donors (Lipinski definition) is 1. The molecular formula is C25H28F3N3O4. The van der Waals surface area contributed by atoms with Crippen LogP contribution in [0.5, 0.6) is 0 Å². The van der Waals surface area contributed by atoms with Crippen LogP contribution in [-0.4, -0.2) is 57.5 Å². The zero-order valence-corrected chi connectivity index (χ0v) is 19.6. The van der Waals surface area contributed by atoms with Crippen LogP contribution in [0.1, 0.15) is 66.9 Å². The van der Waals surface area contributed by atoms with Gasteiger partial charge in [-0.2, -0.15) is 23.4 Å². The van der Waals surface area contributed by atoms with E-state index < -0.39 is 17.2 Å². The molecule has 0 aliphatic heterocycles. The first-order chi connectivity index (χ1) is 16.5. The largest absolute Gasteiger partial charge is 0.468 e. The fourth-order valence-corrected chi connectivity index (χ4v) is 4.99. The minimum Gasteiger partial charge on any atom is -0.468 e. The number of alkyl halides is 3. The van der Waals surface area contributed by atoms with Gasteiger partial charge in [-0.1, -0.05) is 12.1 Å². The molecule has 1 aromatic heterocycles. The summed E-state index contributed by atoms with van der Waals surface area (Å²) in [5.41, 5.74) is -3.19. The van der Waals surface area contributed by atoms with Gasteiger partial charge >= 0.3 is 12.1 Å². The van der Waals surface area contributed by atoms with Crippen LogP contribution in [0, 0.1) is 0 Å². The fourth-order valence-electron chi connectivity index (χ4n) is 4.99. The fraction of sp³-hybridized carbons (Fsp3) is 0.520. The Balaban J connectivity index is 1.53. The molecule has 2 aliphatic carbocycles. The highest BCUT2D eigenvalue weighted by Gasteiger charge is 2.51. The lowest BCUT2D eigenvalue weighted by Gasteiger charge is -2.42. The molecule has 188 valence electrons. The zero-order chi connectivity index (χ0) is 25.4. The highest BCUT2D eigenvalue weighted by Crippen LogP contribution is 2.44. The molecule has 2 aliphatic rings. The van der Waals surface area contributed by atoms with E-state index in [0.29, 0.717) is 32.6 Å². The zero-order valence-electron chi connectivity index (χ0n) is 19.6. The third kappa shape index (κ3) is 4.63. The van der Waals surface area contributed by atoms with Crippen LogP contribution in [0.25, 0.3) is 0 Å². The van der Waals surface area contributed by atoms with Crippen molar-refractivity contribution < 1.29 is 32.6 Å². The van der Waals surface area contributed by atoms with Gasteiger partial charge in [-0.25, -0.2) is 0 Å². The molecule has 1 N–H and O–H groups in total. The molecule has 7 nitrogen and oxygen atoms in total. The van der Waals surface area contributed by atoms with E-state index in [1.807, 2.05) is 4.90 Å². The molecule has 1 amide bonds. The molecule has 10 heteroatoms. The molecule has 0 bridgehead atoms. The molecule has 0 spiro atoms. The Labute approximate surface area is 201 Å². The number of aromatic nitrogens is 2. The van der Waals surface area contributed by atoms with Crippen molar-refractivity contribution in [2.24, 2.45) is 0 Å². The number of amides is 1. The second-order valence-electron chi connectivity index (χ2n) is 9.53. The highest BCUT2D eigenvalue weighted by molar-refractivity contribution is 5.95. The van der Waals surface area contributed by atoms with Gasteiger partial charge in [0.15, 0.2) is 5.60 Å². The summed E-state index contributed by atoms with van der Waals surface area (Å²) in [5, 5.41) is 17.6. The number of nitrogens with zero attached hydrogens (tertiary/aromatic N) is 3. The van der Waals surface area contributed by atoms with Crippen LogP contribution >= 0.6 is 0 Å². The summed E-state index contributed by atoms with van der Waals surface area (Å²) in [6.45, 7) is 0.689. The molecule has 4 rings (SSSR count). The Kier molecular flexibility index (Phi) is 6.61. The number of rotatable bonds is 6. The monoisotopic (exact) mass is 491 g/mol. The lowest BCUT2D eigenvalue weighted by atomic mass is 9.68. The second kappa shape index (κ2) is 9.22. The van der Waals surface area contributed by atoms with Gasteiger partial charge in [0.2, 0.25) is 0 Å². The summed E-state index contributed by atoms with van der Waals surface area (Å²) in [6, 6.07) is 6.66. The van der Waals surface area contributed by atoms with Gasteiger partial charge in [0.05, 0.1) is 18.7 Å². The predicted molar refractivity (Wildman–Crippen MR) is 119 cm³/mol. The minimum absolute atomic E-state index is 0.0682. The van der Waals surface area contributed by atoms with Crippen molar-refractivity contribution in [2.45, 2.75) is 74.7 Å². The molecule has 1 aromatic carbocycles. The van der Waals surface area contributed by atoms with Gasteiger partial charge in [-0.15, -0.1) is 0 Å². The molecule has 35 heavy (non-hydrogen) atoms. The van der Waals surface area contributed by atoms with E-state index in [9.17, 15) is 27.9 Å². The maximum atomic E-state index is 13.4. The third-order valence-corrected chi connectivity index (χ3v) is 7.34. The summed E-state index contributed by atoms with van der Waals surface area (Å²) in [4.78, 5) is 28.1. The minimum atomic E-state index is -4.84. The van der Waals surface area contributed by atoms with E-state index in [4.69, 9.17) is 4.74 Å². The molecule has 2 aromatic rings. The Hall–Kier alpha value is -3.01. The average molecular weight is 492 g/mol. The van der Waals surface area contributed by atoms with Gasteiger partial charge in [-0.3, -0.25) is 9.59 Å². The van der Waals surface area contributed by atoms with Crippen molar-refractivity contribution in [1.82, 2.24) is 15.1 Å². The number of halogens is 3. The van der Waals surface area contributed by atoms with Crippen molar-refractivity contribution in [3.8, 4) is 0 Å². The number of benzene rings is 1. The number of hydrogen-bond acceptors (Lipinski definition) is 6. The van der Waals surface area contributed by atoms with E-state index in [1.165, 1.54) is 25.4 Å². The quantitative estimate of drug-likeness (QED) is 0.616. The Morgan fingerprint density at radius 1 is 1.03 bits per heavy atom. The van der Waals surface area contributed by atoms with Gasteiger partial charge < -0.3 is 14.7 Å². The third-order valence-electron chi connectivity index (χ3n) is 7.34. The van der Waals surface area contributed by atoms with Crippen LogP contribution in [0.15, 0.2) is 42.7 Å². The summed E-state index contributed by atoms with van der Waals surface area (Å²) in [6.07, 6.45) is 2.07. The smallest absolute Gasteiger partial charge is 0.421 e. The lowest BCUT2D eigenvalue weighted by Crippen LogP contribution is -2.49. The summed E-state index contributed by atoms with van der Waals surface area (Å²) in [5.74, 6) is -0.604. The van der Waals surface area contributed by atoms with Crippen LogP contribution in [0.3, 0.4) is 0 Å². The Bertz CT molecular complexity index is 1060. The maximum absolute atomic E-state index is 13.4. The van der Waals surface area contributed by atoms with E-state index in [2.05, 4.69) is 10.2 Å². The van der Waals surface area contributed by atoms with Crippen LogP contribution < -0.4 is 0 Å². The first-order valence-electron chi connectivity index (χ1n) is 11.6. The molecule has 1 atom stereocenters. The van der Waals surface area contributed by atoms with E-state index >= 15 is 0 Å². The second-order valence-corrected chi connectivity index (χ2v) is 9.53. The number of carbonyl (C=O) groups excluding carboxylic acids is 2. The van der Waals surface area contributed by atoms with Crippen molar-refractivity contribution in [1.29, 1.82) is 0 Å². The molecule has 0 radical (unpaired) electrons. The number of ether oxygens (including phenoxy) is 1. The number of methoxy groups -OCH3 is 1. The van der Waals surface area contributed by atoms with E-state index in [1.54, 1.807) is 12.3 Å². The number of esters is 1. The van der Waals surface area contributed by atoms with Crippen molar-refractivity contribution in [2.75, 3.05) is 7.11 Å². The SMILES string of the molecule is COC(=O)C1(c2ccnnc2)CCC(N(C(=O)c2ccc([C@](C)(O)C(F)(F)F)cc2)C2CC2)CC1.